The molecule has 0 spiro atoms. The molecule has 0 aliphatic heterocycles. The molecule has 2 amide bonds. The van der Waals surface area contributed by atoms with Gasteiger partial charge in [-0.25, -0.2) is 4.79 Å². The number of hydrogen-bond donors (Lipinski definition) is 0. The van der Waals surface area contributed by atoms with Gasteiger partial charge in [0.25, 0.3) is 0 Å². The van der Waals surface area contributed by atoms with Crippen molar-refractivity contribution in [2.75, 3.05) is 20.4 Å². The van der Waals surface area contributed by atoms with Crippen LogP contribution >= 0.6 is 0 Å². The van der Waals surface area contributed by atoms with E-state index >= 15 is 0 Å². The maximum atomic E-state index is 12.3. The van der Waals surface area contributed by atoms with Crippen LogP contribution in [0.25, 0.3) is 0 Å². The number of amides is 2. The first-order chi connectivity index (χ1) is 11.2. The lowest BCUT2D eigenvalue weighted by Gasteiger charge is -2.25. The number of rotatable bonds is 6. The van der Waals surface area contributed by atoms with Crippen LogP contribution in [0.4, 0.5) is 4.79 Å². The lowest BCUT2D eigenvalue weighted by molar-refractivity contribution is 0.161. The van der Waals surface area contributed by atoms with Gasteiger partial charge in [-0.1, -0.05) is 12.1 Å². The van der Waals surface area contributed by atoms with E-state index in [1.54, 1.807) is 61.7 Å². The molecule has 0 radical (unpaired) electrons. The molecule has 7 nitrogen and oxygen atoms in total. The van der Waals surface area contributed by atoms with Crippen molar-refractivity contribution in [3.05, 3.63) is 54.0 Å². The molecular formula is C16H20N2O5S. The van der Waals surface area contributed by atoms with Gasteiger partial charge in [0.1, 0.15) is 11.5 Å². The molecular weight excluding hydrogens is 332 g/mol. The fourth-order valence-corrected chi connectivity index (χ4v) is 2.57. The number of hydrogen-bond acceptors (Lipinski definition) is 5. The summed E-state index contributed by atoms with van der Waals surface area (Å²) in [6.45, 7) is 0.697. The van der Waals surface area contributed by atoms with Gasteiger partial charge >= 0.3 is 16.1 Å². The standard InChI is InChI=1S/C16H20N2O5S/c1-17(2)16(19)18(12-15-5-4-10-22-15)11-13-6-8-14(9-7-13)23-24(3,20)21/h4-10H,11-12H2,1-3H3. The van der Waals surface area contributed by atoms with E-state index in [1.807, 2.05) is 0 Å². The molecule has 2 aromatic rings. The molecule has 8 heteroatoms. The predicted octanol–water partition coefficient (Wildman–Crippen LogP) is 2.30. The zero-order chi connectivity index (χ0) is 17.7. The van der Waals surface area contributed by atoms with E-state index in [2.05, 4.69) is 0 Å². The number of carbonyl (C=O) groups is 1. The minimum Gasteiger partial charge on any atom is -0.467 e. The van der Waals surface area contributed by atoms with Crippen LogP contribution in [0.1, 0.15) is 11.3 Å². The summed E-state index contributed by atoms with van der Waals surface area (Å²) in [5, 5.41) is 0. The summed E-state index contributed by atoms with van der Waals surface area (Å²) < 4.78 is 32.3. The smallest absolute Gasteiger partial charge is 0.320 e. The minimum atomic E-state index is -3.56. The van der Waals surface area contributed by atoms with Crippen molar-refractivity contribution in [2.45, 2.75) is 13.1 Å². The van der Waals surface area contributed by atoms with E-state index in [-0.39, 0.29) is 11.8 Å². The van der Waals surface area contributed by atoms with E-state index in [1.165, 1.54) is 4.90 Å². The molecule has 0 saturated heterocycles. The van der Waals surface area contributed by atoms with Crippen molar-refractivity contribution in [2.24, 2.45) is 0 Å². The van der Waals surface area contributed by atoms with Gasteiger partial charge in [0.15, 0.2) is 0 Å². The monoisotopic (exact) mass is 352 g/mol. The summed E-state index contributed by atoms with van der Waals surface area (Å²) in [5.41, 5.74) is 0.845. The van der Waals surface area contributed by atoms with Gasteiger partial charge in [-0.15, -0.1) is 0 Å². The van der Waals surface area contributed by atoms with Crippen LogP contribution in [0, 0.1) is 0 Å². The van der Waals surface area contributed by atoms with Crippen LogP contribution in [-0.4, -0.2) is 44.6 Å². The van der Waals surface area contributed by atoms with Gasteiger partial charge in [-0.2, -0.15) is 8.42 Å². The highest BCUT2D eigenvalue weighted by Gasteiger charge is 2.17. The molecule has 0 N–H and O–H groups in total. The van der Waals surface area contributed by atoms with Gasteiger partial charge < -0.3 is 18.4 Å². The summed E-state index contributed by atoms with van der Waals surface area (Å²) in [6.07, 6.45) is 2.55. The van der Waals surface area contributed by atoms with Crippen LogP contribution in [0.3, 0.4) is 0 Å². The molecule has 0 saturated carbocycles. The van der Waals surface area contributed by atoms with E-state index in [0.29, 0.717) is 18.8 Å². The lowest BCUT2D eigenvalue weighted by Crippen LogP contribution is -2.38. The quantitative estimate of drug-likeness (QED) is 0.745. The number of nitrogens with zero attached hydrogens (tertiary/aromatic N) is 2. The van der Waals surface area contributed by atoms with E-state index in [4.69, 9.17) is 8.60 Å². The Morgan fingerprint density at radius 1 is 1.12 bits per heavy atom. The van der Waals surface area contributed by atoms with Crippen molar-refractivity contribution in [1.29, 1.82) is 0 Å². The Morgan fingerprint density at radius 3 is 2.29 bits per heavy atom. The second-order valence-corrected chi connectivity index (χ2v) is 7.12. The van der Waals surface area contributed by atoms with Gasteiger partial charge in [0, 0.05) is 20.6 Å². The molecule has 130 valence electrons. The molecule has 0 unspecified atom stereocenters. The van der Waals surface area contributed by atoms with E-state index in [9.17, 15) is 13.2 Å². The highest BCUT2D eigenvalue weighted by atomic mass is 32.2. The third kappa shape index (κ3) is 5.31. The number of benzene rings is 1. The Hall–Kier alpha value is -2.48. The minimum absolute atomic E-state index is 0.150. The average molecular weight is 352 g/mol. The molecule has 0 aliphatic rings. The van der Waals surface area contributed by atoms with Gasteiger partial charge in [0.05, 0.1) is 19.1 Å². The number of urea groups is 1. The van der Waals surface area contributed by atoms with Crippen molar-refractivity contribution in [3.8, 4) is 5.75 Å². The van der Waals surface area contributed by atoms with Crippen LogP contribution in [0.5, 0.6) is 5.75 Å². The van der Waals surface area contributed by atoms with Crippen LogP contribution in [0.15, 0.2) is 47.1 Å². The Bertz CT molecular complexity index is 767. The van der Waals surface area contributed by atoms with Crippen molar-refractivity contribution < 1.29 is 21.8 Å². The van der Waals surface area contributed by atoms with Crippen LogP contribution in [-0.2, 0) is 23.2 Å². The molecule has 0 atom stereocenters. The molecule has 1 aromatic heterocycles. The van der Waals surface area contributed by atoms with Gasteiger partial charge in [-0.3, -0.25) is 0 Å². The third-order valence-corrected chi connectivity index (χ3v) is 3.62. The predicted molar refractivity (Wildman–Crippen MR) is 89.0 cm³/mol. The van der Waals surface area contributed by atoms with Crippen LogP contribution < -0.4 is 4.18 Å². The molecule has 0 aliphatic carbocycles. The fraction of sp³-hybridized carbons (Fsp3) is 0.312. The summed E-state index contributed by atoms with van der Waals surface area (Å²) in [6, 6.07) is 9.98. The zero-order valence-electron chi connectivity index (χ0n) is 13.8. The summed E-state index contributed by atoms with van der Waals surface area (Å²) >= 11 is 0. The molecule has 0 fully saturated rings. The normalized spacial score (nSPS) is 11.1. The molecule has 24 heavy (non-hydrogen) atoms. The van der Waals surface area contributed by atoms with E-state index < -0.39 is 10.1 Å². The first kappa shape index (κ1) is 17.9. The van der Waals surface area contributed by atoms with E-state index in [0.717, 1.165) is 11.8 Å². The maximum Gasteiger partial charge on any atom is 0.320 e. The fourth-order valence-electron chi connectivity index (χ4n) is 2.11. The second-order valence-electron chi connectivity index (χ2n) is 5.54. The molecule has 2 rings (SSSR count). The largest absolute Gasteiger partial charge is 0.467 e. The summed E-state index contributed by atoms with van der Waals surface area (Å²) in [7, 11) is -0.193. The molecule has 1 heterocycles. The highest BCUT2D eigenvalue weighted by molar-refractivity contribution is 7.86. The Morgan fingerprint density at radius 2 is 1.79 bits per heavy atom. The van der Waals surface area contributed by atoms with Crippen molar-refractivity contribution in [1.82, 2.24) is 9.80 Å². The Kier molecular flexibility index (Phi) is 5.50. The Balaban J connectivity index is 2.12. The SMILES string of the molecule is CN(C)C(=O)N(Cc1ccc(OS(C)(=O)=O)cc1)Cc1ccco1. The first-order valence-electron chi connectivity index (χ1n) is 7.21. The van der Waals surface area contributed by atoms with Crippen molar-refractivity contribution in [3.63, 3.8) is 0 Å². The second kappa shape index (κ2) is 7.39. The van der Waals surface area contributed by atoms with Crippen LogP contribution in [0.2, 0.25) is 0 Å². The van der Waals surface area contributed by atoms with Gasteiger partial charge in [0.2, 0.25) is 0 Å². The van der Waals surface area contributed by atoms with Gasteiger partial charge in [-0.05, 0) is 29.8 Å². The zero-order valence-corrected chi connectivity index (χ0v) is 14.6. The van der Waals surface area contributed by atoms with Crippen molar-refractivity contribution >= 4 is 16.1 Å². The molecule has 1 aromatic carbocycles. The topological polar surface area (TPSA) is 80.1 Å². The lowest BCUT2D eigenvalue weighted by atomic mass is 10.2. The summed E-state index contributed by atoms with van der Waals surface area (Å²) in [5.74, 6) is 0.917. The average Bonchev–Trinajstić information content (AvgIpc) is 2.99. The Labute approximate surface area is 141 Å². The number of furan rings is 1. The number of carbonyl (C=O) groups excluding carboxylic acids is 1. The first-order valence-corrected chi connectivity index (χ1v) is 9.03. The highest BCUT2D eigenvalue weighted by Crippen LogP contribution is 2.17. The third-order valence-electron chi connectivity index (χ3n) is 3.12. The summed E-state index contributed by atoms with van der Waals surface area (Å²) in [4.78, 5) is 15.5. The maximum absolute atomic E-state index is 12.3. The molecule has 0 bridgehead atoms.